The van der Waals surface area contributed by atoms with Crippen LogP contribution in [-0.4, -0.2) is 40.8 Å². The van der Waals surface area contributed by atoms with Gasteiger partial charge in [-0.15, -0.1) is 0 Å². The highest BCUT2D eigenvalue weighted by Gasteiger charge is 2.41. The molecule has 0 aromatic heterocycles. The molecular formula is C19H27NO4. The summed E-state index contributed by atoms with van der Waals surface area (Å²) in [7, 11) is 0. The number of carbonyl (C=O) groups excluding carboxylic acids is 2. The Morgan fingerprint density at radius 1 is 1.33 bits per heavy atom. The van der Waals surface area contributed by atoms with Gasteiger partial charge in [0.2, 0.25) is 5.91 Å². The average Bonchev–Trinajstić information content (AvgIpc) is 2.95. The Kier molecular flexibility index (Phi) is 6.79. The summed E-state index contributed by atoms with van der Waals surface area (Å²) >= 11 is 0. The van der Waals surface area contributed by atoms with E-state index in [0.29, 0.717) is 12.8 Å². The van der Waals surface area contributed by atoms with Crippen LogP contribution in [-0.2, 0) is 16.0 Å². The summed E-state index contributed by atoms with van der Waals surface area (Å²) in [4.78, 5) is 25.9. The Morgan fingerprint density at radius 2 is 2.04 bits per heavy atom. The van der Waals surface area contributed by atoms with Gasteiger partial charge in [0.15, 0.2) is 0 Å². The molecule has 5 nitrogen and oxygen atoms in total. The molecule has 2 amide bonds. The number of benzene rings is 1. The lowest BCUT2D eigenvalue weighted by Crippen LogP contribution is -2.45. The molecule has 0 aliphatic carbocycles. The number of aliphatic hydroxyl groups excluding tert-OH is 1. The summed E-state index contributed by atoms with van der Waals surface area (Å²) in [6.45, 7) is 3.98. The number of hydrogen-bond acceptors (Lipinski definition) is 4. The summed E-state index contributed by atoms with van der Waals surface area (Å²) in [5.41, 5.74) is 1.05. The van der Waals surface area contributed by atoms with E-state index in [1.807, 2.05) is 30.3 Å². The topological polar surface area (TPSA) is 66.8 Å². The van der Waals surface area contributed by atoms with Crippen molar-refractivity contribution in [2.24, 2.45) is 5.92 Å². The third kappa shape index (κ3) is 4.57. The predicted molar refractivity (Wildman–Crippen MR) is 91.4 cm³/mol. The van der Waals surface area contributed by atoms with Gasteiger partial charge in [0.25, 0.3) is 0 Å². The van der Waals surface area contributed by atoms with E-state index in [2.05, 4.69) is 6.92 Å². The van der Waals surface area contributed by atoms with Crippen LogP contribution in [0.15, 0.2) is 30.3 Å². The Labute approximate surface area is 143 Å². The first-order chi connectivity index (χ1) is 11.5. The largest absolute Gasteiger partial charge is 0.447 e. The molecule has 0 unspecified atom stereocenters. The lowest BCUT2D eigenvalue weighted by Gasteiger charge is -2.25. The van der Waals surface area contributed by atoms with Gasteiger partial charge in [-0.2, -0.15) is 0 Å². The normalized spacial score (nSPS) is 19.9. The average molecular weight is 333 g/mol. The van der Waals surface area contributed by atoms with Crippen LogP contribution >= 0.6 is 0 Å². The number of cyclic esters (lactones) is 1. The summed E-state index contributed by atoms with van der Waals surface area (Å²) < 4.78 is 5.08. The number of amides is 2. The Balaban J connectivity index is 2.00. The highest BCUT2D eigenvalue weighted by Crippen LogP contribution is 2.22. The molecule has 1 saturated heterocycles. The molecule has 1 heterocycles. The Hall–Kier alpha value is -1.88. The molecule has 0 saturated carbocycles. The molecule has 132 valence electrons. The van der Waals surface area contributed by atoms with E-state index >= 15 is 0 Å². The van der Waals surface area contributed by atoms with Gasteiger partial charge in [0, 0.05) is 0 Å². The standard InChI is InChI=1S/C19H27NO4/c1-3-4-6-11-17(21)14(2)18(22)20-16(13-24-19(20)23)12-15-9-7-5-8-10-15/h5,7-10,14,16-17,21H,3-4,6,11-13H2,1-2H3/t14-,16-,17+/m0/s1. The first-order valence-electron chi connectivity index (χ1n) is 8.76. The molecule has 1 aliphatic heterocycles. The van der Waals surface area contributed by atoms with E-state index < -0.39 is 18.1 Å². The number of nitrogens with zero attached hydrogens (tertiary/aromatic N) is 1. The van der Waals surface area contributed by atoms with Crippen molar-refractivity contribution in [3.8, 4) is 0 Å². The van der Waals surface area contributed by atoms with E-state index in [9.17, 15) is 14.7 Å². The van der Waals surface area contributed by atoms with Gasteiger partial charge < -0.3 is 9.84 Å². The van der Waals surface area contributed by atoms with Crippen LogP contribution < -0.4 is 0 Å². The maximum atomic E-state index is 12.7. The first kappa shape index (κ1) is 18.5. The van der Waals surface area contributed by atoms with Gasteiger partial charge >= 0.3 is 6.09 Å². The van der Waals surface area contributed by atoms with Crippen molar-refractivity contribution in [3.63, 3.8) is 0 Å². The summed E-state index contributed by atoms with van der Waals surface area (Å²) in [5, 5.41) is 10.2. The lowest BCUT2D eigenvalue weighted by atomic mass is 9.96. The van der Waals surface area contributed by atoms with Crippen LogP contribution in [0, 0.1) is 5.92 Å². The third-order valence-corrected chi connectivity index (χ3v) is 4.58. The van der Waals surface area contributed by atoms with E-state index in [-0.39, 0.29) is 18.6 Å². The number of hydrogen-bond donors (Lipinski definition) is 1. The minimum Gasteiger partial charge on any atom is -0.447 e. The summed E-state index contributed by atoms with van der Waals surface area (Å²) in [6, 6.07) is 9.41. The van der Waals surface area contributed by atoms with Gasteiger partial charge in [-0.3, -0.25) is 4.79 Å². The molecule has 1 N–H and O–H groups in total. The van der Waals surface area contributed by atoms with Gasteiger partial charge in [0.05, 0.1) is 18.1 Å². The second-order valence-corrected chi connectivity index (χ2v) is 6.48. The highest BCUT2D eigenvalue weighted by atomic mass is 16.6. The quantitative estimate of drug-likeness (QED) is 0.742. The molecule has 1 aromatic carbocycles. The molecule has 0 radical (unpaired) electrons. The fourth-order valence-corrected chi connectivity index (χ4v) is 3.00. The summed E-state index contributed by atoms with van der Waals surface area (Å²) in [5.74, 6) is -0.951. The molecule has 2 rings (SSSR count). The van der Waals surface area contributed by atoms with Crippen LogP contribution in [0.2, 0.25) is 0 Å². The number of unbranched alkanes of at least 4 members (excludes halogenated alkanes) is 2. The van der Waals surface area contributed by atoms with Crippen LogP contribution in [0.1, 0.15) is 45.1 Å². The van der Waals surface area contributed by atoms with Crippen molar-refractivity contribution in [3.05, 3.63) is 35.9 Å². The van der Waals surface area contributed by atoms with Crippen molar-refractivity contribution in [2.45, 2.75) is 58.1 Å². The molecule has 1 aliphatic rings. The zero-order chi connectivity index (χ0) is 17.5. The number of imide groups is 1. The molecule has 0 spiro atoms. The SMILES string of the molecule is CCCCC[C@@H](O)[C@H](C)C(=O)N1C(=O)OC[C@@H]1Cc1ccccc1. The van der Waals surface area contributed by atoms with Crippen molar-refractivity contribution in [1.29, 1.82) is 0 Å². The predicted octanol–water partition coefficient (Wildman–Crippen LogP) is 3.15. The number of ether oxygens (including phenoxy) is 1. The van der Waals surface area contributed by atoms with Crippen molar-refractivity contribution in [1.82, 2.24) is 4.90 Å². The molecular weight excluding hydrogens is 306 g/mol. The van der Waals surface area contributed by atoms with Gasteiger partial charge in [0.1, 0.15) is 6.61 Å². The van der Waals surface area contributed by atoms with E-state index in [1.165, 1.54) is 4.90 Å². The monoisotopic (exact) mass is 333 g/mol. The van der Waals surface area contributed by atoms with Crippen molar-refractivity contribution < 1.29 is 19.4 Å². The zero-order valence-electron chi connectivity index (χ0n) is 14.5. The smallest absolute Gasteiger partial charge is 0.416 e. The van der Waals surface area contributed by atoms with E-state index in [1.54, 1.807) is 6.92 Å². The van der Waals surface area contributed by atoms with Gasteiger partial charge in [-0.1, -0.05) is 63.4 Å². The van der Waals surface area contributed by atoms with Crippen LogP contribution in [0.3, 0.4) is 0 Å². The minimum absolute atomic E-state index is 0.206. The van der Waals surface area contributed by atoms with Crippen molar-refractivity contribution >= 4 is 12.0 Å². The Bertz CT molecular complexity index is 546. The maximum Gasteiger partial charge on any atom is 0.416 e. The van der Waals surface area contributed by atoms with Crippen LogP contribution in [0.25, 0.3) is 0 Å². The maximum absolute atomic E-state index is 12.7. The Morgan fingerprint density at radius 3 is 2.71 bits per heavy atom. The second-order valence-electron chi connectivity index (χ2n) is 6.48. The fraction of sp³-hybridized carbons (Fsp3) is 0.579. The second kappa shape index (κ2) is 8.83. The third-order valence-electron chi connectivity index (χ3n) is 4.58. The number of aliphatic hydroxyl groups is 1. The molecule has 0 bridgehead atoms. The molecule has 24 heavy (non-hydrogen) atoms. The first-order valence-corrected chi connectivity index (χ1v) is 8.76. The molecule has 3 atom stereocenters. The van der Waals surface area contributed by atoms with Crippen LogP contribution in [0.5, 0.6) is 0 Å². The number of carbonyl (C=O) groups is 2. The fourth-order valence-electron chi connectivity index (χ4n) is 3.00. The minimum atomic E-state index is -0.727. The zero-order valence-corrected chi connectivity index (χ0v) is 14.5. The van der Waals surface area contributed by atoms with E-state index in [4.69, 9.17) is 4.74 Å². The molecule has 1 aromatic rings. The van der Waals surface area contributed by atoms with Crippen molar-refractivity contribution in [2.75, 3.05) is 6.61 Å². The molecule has 1 fully saturated rings. The van der Waals surface area contributed by atoms with Crippen LogP contribution in [0.4, 0.5) is 4.79 Å². The lowest BCUT2D eigenvalue weighted by molar-refractivity contribution is -0.136. The molecule has 5 heteroatoms. The number of rotatable bonds is 8. The highest BCUT2D eigenvalue weighted by molar-refractivity contribution is 5.94. The van der Waals surface area contributed by atoms with Gasteiger partial charge in [-0.25, -0.2) is 9.69 Å². The van der Waals surface area contributed by atoms with E-state index in [0.717, 1.165) is 24.8 Å². The summed E-state index contributed by atoms with van der Waals surface area (Å²) in [6.07, 6.45) is 2.79. The van der Waals surface area contributed by atoms with Gasteiger partial charge in [-0.05, 0) is 18.4 Å².